The number of nitriles is 1. The topological polar surface area (TPSA) is 79.2 Å². The number of benzene rings is 1. The van der Waals surface area contributed by atoms with Crippen molar-refractivity contribution in [1.29, 1.82) is 5.26 Å². The highest BCUT2D eigenvalue weighted by Gasteiger charge is 2.16. The van der Waals surface area contributed by atoms with Gasteiger partial charge in [0.1, 0.15) is 11.8 Å². The van der Waals surface area contributed by atoms with Gasteiger partial charge in [0.25, 0.3) is 0 Å². The van der Waals surface area contributed by atoms with E-state index in [4.69, 9.17) is 10.00 Å². The Morgan fingerprint density at radius 2 is 1.94 bits per heavy atom. The number of sulfonamides is 1. The number of ether oxygens (including phenoxy) is 1. The van der Waals surface area contributed by atoms with Crippen molar-refractivity contribution >= 4 is 10.0 Å². The molecule has 0 aromatic heterocycles. The zero-order valence-electron chi connectivity index (χ0n) is 8.97. The van der Waals surface area contributed by atoms with Crippen LogP contribution in [0, 0.1) is 11.3 Å². The molecule has 86 valence electrons. The quantitative estimate of drug-likeness (QED) is 0.847. The first-order valence-corrected chi connectivity index (χ1v) is 6.04. The third-order valence-corrected chi connectivity index (χ3v) is 3.45. The first kappa shape index (κ1) is 12.5. The second kappa shape index (κ2) is 4.96. The molecule has 0 amide bonds. The second-order valence-electron chi connectivity index (χ2n) is 3.15. The Hall–Kier alpha value is -1.58. The fourth-order valence-electron chi connectivity index (χ4n) is 1.08. The van der Waals surface area contributed by atoms with Gasteiger partial charge in [0.2, 0.25) is 10.0 Å². The normalized spacial score (nSPS) is 12.8. The van der Waals surface area contributed by atoms with Crippen molar-refractivity contribution in [2.24, 2.45) is 0 Å². The average molecular weight is 240 g/mol. The van der Waals surface area contributed by atoms with Gasteiger partial charge in [-0.1, -0.05) is 0 Å². The zero-order valence-corrected chi connectivity index (χ0v) is 9.78. The Labute approximate surface area is 94.7 Å². The summed E-state index contributed by atoms with van der Waals surface area (Å²) in [6.07, 6.45) is 0. The molecule has 0 heterocycles. The molecule has 5 nitrogen and oxygen atoms in total. The molecule has 0 radical (unpaired) electrons. The number of hydrogen-bond donors (Lipinski definition) is 1. The van der Waals surface area contributed by atoms with Gasteiger partial charge in [-0.3, -0.25) is 0 Å². The third kappa shape index (κ3) is 2.95. The van der Waals surface area contributed by atoms with Gasteiger partial charge in [-0.25, -0.2) is 8.42 Å². The van der Waals surface area contributed by atoms with E-state index in [1.807, 2.05) is 0 Å². The minimum absolute atomic E-state index is 0.107. The summed E-state index contributed by atoms with van der Waals surface area (Å²) >= 11 is 0. The monoisotopic (exact) mass is 240 g/mol. The first-order chi connectivity index (χ1) is 7.49. The maximum absolute atomic E-state index is 11.7. The minimum Gasteiger partial charge on any atom is -0.497 e. The summed E-state index contributed by atoms with van der Waals surface area (Å²) in [7, 11) is -2.13. The summed E-state index contributed by atoms with van der Waals surface area (Å²) in [5.74, 6) is 0.576. The van der Waals surface area contributed by atoms with Crippen LogP contribution in [-0.4, -0.2) is 21.6 Å². The summed E-state index contributed by atoms with van der Waals surface area (Å²) in [5, 5.41) is 8.53. The standard InChI is InChI=1S/C10H12N2O3S/c1-8(7-11)12-16(13,14)10-5-3-9(15-2)4-6-10/h3-6,8,12H,1-2H3. The molecule has 0 saturated heterocycles. The van der Waals surface area contributed by atoms with Gasteiger partial charge >= 0.3 is 0 Å². The number of methoxy groups -OCH3 is 1. The van der Waals surface area contributed by atoms with Crippen LogP contribution in [-0.2, 0) is 10.0 Å². The highest BCUT2D eigenvalue weighted by Crippen LogP contribution is 2.15. The molecule has 0 fully saturated rings. The van der Waals surface area contributed by atoms with E-state index in [9.17, 15) is 8.42 Å². The number of hydrogen-bond acceptors (Lipinski definition) is 4. The Kier molecular flexibility index (Phi) is 3.88. The van der Waals surface area contributed by atoms with Crippen LogP contribution < -0.4 is 9.46 Å². The van der Waals surface area contributed by atoms with E-state index in [0.29, 0.717) is 5.75 Å². The zero-order chi connectivity index (χ0) is 12.2. The van der Waals surface area contributed by atoms with Gasteiger partial charge < -0.3 is 4.74 Å². The summed E-state index contributed by atoms with van der Waals surface area (Å²) in [5.41, 5.74) is 0. The first-order valence-electron chi connectivity index (χ1n) is 4.55. The molecule has 16 heavy (non-hydrogen) atoms. The van der Waals surface area contributed by atoms with E-state index in [2.05, 4.69) is 4.72 Å². The van der Waals surface area contributed by atoms with Crippen molar-refractivity contribution in [3.05, 3.63) is 24.3 Å². The van der Waals surface area contributed by atoms with Crippen molar-refractivity contribution in [3.8, 4) is 11.8 Å². The Morgan fingerprint density at radius 3 is 2.38 bits per heavy atom. The van der Waals surface area contributed by atoms with Crippen LogP contribution >= 0.6 is 0 Å². The summed E-state index contributed by atoms with van der Waals surface area (Å²) < 4.78 is 30.5. The number of rotatable bonds is 4. The minimum atomic E-state index is -3.62. The molecule has 1 unspecified atom stereocenters. The molecule has 1 rings (SSSR count). The van der Waals surface area contributed by atoms with Gasteiger partial charge in [-0.15, -0.1) is 0 Å². The fourth-order valence-corrected chi connectivity index (χ4v) is 2.23. The molecular formula is C10H12N2O3S. The van der Waals surface area contributed by atoms with E-state index in [1.165, 1.54) is 26.2 Å². The summed E-state index contributed by atoms with van der Waals surface area (Å²) in [6.45, 7) is 1.47. The largest absolute Gasteiger partial charge is 0.497 e. The van der Waals surface area contributed by atoms with Crippen LogP contribution in [0.25, 0.3) is 0 Å². The average Bonchev–Trinajstić information content (AvgIpc) is 2.28. The predicted molar refractivity (Wildman–Crippen MR) is 58.4 cm³/mol. The van der Waals surface area contributed by atoms with Gasteiger partial charge in [-0.05, 0) is 31.2 Å². The molecule has 0 bridgehead atoms. The molecule has 1 aromatic rings. The lowest BCUT2D eigenvalue weighted by Gasteiger charge is -2.08. The van der Waals surface area contributed by atoms with Crippen LogP contribution in [0.15, 0.2) is 29.2 Å². The van der Waals surface area contributed by atoms with E-state index in [-0.39, 0.29) is 4.90 Å². The Balaban J connectivity index is 2.95. The Morgan fingerprint density at radius 1 is 1.38 bits per heavy atom. The molecule has 1 N–H and O–H groups in total. The van der Waals surface area contributed by atoms with Crippen LogP contribution in [0.3, 0.4) is 0 Å². The van der Waals surface area contributed by atoms with E-state index in [1.54, 1.807) is 18.2 Å². The molecule has 0 saturated carbocycles. The molecule has 0 aliphatic carbocycles. The lowest BCUT2D eigenvalue weighted by Crippen LogP contribution is -2.31. The smallest absolute Gasteiger partial charge is 0.241 e. The van der Waals surface area contributed by atoms with Crippen LogP contribution in [0.5, 0.6) is 5.75 Å². The molecule has 6 heteroatoms. The molecular weight excluding hydrogens is 228 g/mol. The summed E-state index contributed by atoms with van der Waals surface area (Å²) in [4.78, 5) is 0.107. The van der Waals surface area contributed by atoms with Crippen LogP contribution in [0.4, 0.5) is 0 Å². The molecule has 0 aliphatic rings. The highest BCUT2D eigenvalue weighted by atomic mass is 32.2. The van der Waals surface area contributed by atoms with E-state index < -0.39 is 16.1 Å². The SMILES string of the molecule is COc1ccc(S(=O)(=O)NC(C)C#N)cc1. The fraction of sp³-hybridized carbons (Fsp3) is 0.300. The van der Waals surface area contributed by atoms with E-state index >= 15 is 0 Å². The lowest BCUT2D eigenvalue weighted by molar-refractivity contribution is 0.414. The molecule has 0 aliphatic heterocycles. The van der Waals surface area contributed by atoms with Crippen molar-refractivity contribution in [2.75, 3.05) is 7.11 Å². The van der Waals surface area contributed by atoms with Crippen LogP contribution in [0.2, 0.25) is 0 Å². The van der Waals surface area contributed by atoms with Crippen molar-refractivity contribution in [3.63, 3.8) is 0 Å². The maximum Gasteiger partial charge on any atom is 0.241 e. The van der Waals surface area contributed by atoms with Gasteiger partial charge in [0.15, 0.2) is 0 Å². The molecule has 1 aromatic carbocycles. The van der Waals surface area contributed by atoms with Crippen molar-refractivity contribution < 1.29 is 13.2 Å². The maximum atomic E-state index is 11.7. The lowest BCUT2D eigenvalue weighted by atomic mass is 10.3. The molecule has 1 atom stereocenters. The van der Waals surface area contributed by atoms with E-state index in [0.717, 1.165) is 0 Å². The van der Waals surface area contributed by atoms with Crippen molar-refractivity contribution in [2.45, 2.75) is 17.9 Å². The van der Waals surface area contributed by atoms with Crippen LogP contribution in [0.1, 0.15) is 6.92 Å². The molecule has 0 spiro atoms. The third-order valence-electron chi connectivity index (χ3n) is 1.90. The second-order valence-corrected chi connectivity index (χ2v) is 4.86. The number of nitrogens with one attached hydrogen (secondary N) is 1. The van der Waals surface area contributed by atoms with Crippen molar-refractivity contribution in [1.82, 2.24) is 4.72 Å². The highest BCUT2D eigenvalue weighted by molar-refractivity contribution is 7.89. The van der Waals surface area contributed by atoms with Gasteiger partial charge in [0.05, 0.1) is 18.1 Å². The van der Waals surface area contributed by atoms with Gasteiger partial charge in [-0.2, -0.15) is 9.98 Å². The Bertz CT molecular complexity index is 488. The predicted octanol–water partition coefficient (Wildman–Crippen LogP) is 0.886. The number of nitrogens with zero attached hydrogens (tertiary/aromatic N) is 1. The van der Waals surface area contributed by atoms with Gasteiger partial charge in [0, 0.05) is 0 Å². The summed E-state index contributed by atoms with van der Waals surface area (Å²) in [6, 6.07) is 6.98.